The minimum atomic E-state index is -1.16. The monoisotopic (exact) mass is 609 g/mol. The lowest BCUT2D eigenvalue weighted by Gasteiger charge is -2.41. The third-order valence-electron chi connectivity index (χ3n) is 9.60. The summed E-state index contributed by atoms with van der Waals surface area (Å²) >= 11 is 0. The van der Waals surface area contributed by atoms with Gasteiger partial charge < -0.3 is 0 Å². The molecular formula is C38H60NOPS. The van der Waals surface area contributed by atoms with Crippen molar-refractivity contribution in [1.29, 1.82) is 0 Å². The van der Waals surface area contributed by atoms with Crippen LogP contribution in [0, 0.1) is 0 Å². The summed E-state index contributed by atoms with van der Waals surface area (Å²) in [5, 5.41) is 1.60. The number of benzene rings is 2. The minimum absolute atomic E-state index is 0.0264. The maximum Gasteiger partial charge on any atom is 0.100 e. The minimum Gasteiger partial charge on any atom is -0.242 e. The Bertz CT molecular complexity index is 1150. The lowest BCUT2D eigenvalue weighted by atomic mass is 9.78. The van der Waals surface area contributed by atoms with Crippen molar-refractivity contribution in [2.75, 3.05) is 7.05 Å². The molecule has 2 aromatic carbocycles. The van der Waals surface area contributed by atoms with Crippen LogP contribution >= 0.6 is 7.92 Å². The summed E-state index contributed by atoms with van der Waals surface area (Å²) in [5.41, 5.74) is 7.13. The van der Waals surface area contributed by atoms with Gasteiger partial charge in [0.2, 0.25) is 0 Å². The Kier molecular flexibility index (Phi) is 10.9. The van der Waals surface area contributed by atoms with Gasteiger partial charge in [-0.15, -0.1) is 0 Å². The second kappa shape index (κ2) is 13.5. The Morgan fingerprint density at radius 1 is 0.714 bits per heavy atom. The van der Waals surface area contributed by atoms with Gasteiger partial charge in [-0.05, 0) is 96.2 Å². The van der Waals surface area contributed by atoms with Crippen LogP contribution in [0.3, 0.4) is 0 Å². The summed E-state index contributed by atoms with van der Waals surface area (Å²) < 4.78 is 16.1. The fourth-order valence-corrected chi connectivity index (χ4v) is 12.4. The molecule has 0 saturated heterocycles. The number of hydrogen-bond donors (Lipinski definition) is 0. The van der Waals surface area contributed by atoms with Gasteiger partial charge in [-0.1, -0.05) is 130 Å². The maximum absolute atomic E-state index is 14.2. The van der Waals surface area contributed by atoms with Gasteiger partial charge in [-0.2, -0.15) is 0 Å². The third kappa shape index (κ3) is 7.97. The molecule has 0 amide bonds. The van der Waals surface area contributed by atoms with Gasteiger partial charge in [-0.3, -0.25) is 0 Å². The molecule has 0 bridgehead atoms. The van der Waals surface area contributed by atoms with Crippen molar-refractivity contribution in [2.24, 2.45) is 0 Å². The van der Waals surface area contributed by atoms with Crippen molar-refractivity contribution < 1.29 is 4.21 Å². The molecule has 2 aliphatic rings. The molecule has 0 aliphatic heterocycles. The molecule has 2 fully saturated rings. The Morgan fingerprint density at radius 2 is 1.17 bits per heavy atom. The number of hydrogen-bond acceptors (Lipinski definition) is 1. The quantitative estimate of drug-likeness (QED) is 0.286. The largest absolute Gasteiger partial charge is 0.242 e. The SMILES string of the molecule is CN([C@@H](c1cc(C(C)(C)C)cc(C(C)(C)C)c1)c1ccccc1P(C1CCCCC1)C1CCCCC1)[S@](=O)C(C)(C)C. The van der Waals surface area contributed by atoms with E-state index in [4.69, 9.17) is 0 Å². The van der Waals surface area contributed by atoms with E-state index >= 15 is 0 Å². The fourth-order valence-electron chi connectivity index (χ4n) is 7.15. The summed E-state index contributed by atoms with van der Waals surface area (Å²) in [5.74, 6) is 0. The molecule has 42 heavy (non-hydrogen) atoms. The van der Waals surface area contributed by atoms with Crippen molar-refractivity contribution in [1.82, 2.24) is 4.31 Å². The molecule has 0 radical (unpaired) electrons. The molecule has 2 aromatic rings. The molecule has 2 nitrogen and oxygen atoms in total. The van der Waals surface area contributed by atoms with Crippen LogP contribution in [0.25, 0.3) is 0 Å². The first-order valence-electron chi connectivity index (χ1n) is 16.8. The van der Waals surface area contributed by atoms with E-state index in [-0.39, 0.29) is 29.5 Å². The van der Waals surface area contributed by atoms with Gasteiger partial charge in [0.05, 0.1) is 10.8 Å². The first-order chi connectivity index (χ1) is 19.6. The van der Waals surface area contributed by atoms with Crippen LogP contribution in [0.1, 0.15) is 155 Å². The Labute approximate surface area is 263 Å². The summed E-state index contributed by atoms with van der Waals surface area (Å²) in [7, 11) is 0.665. The van der Waals surface area contributed by atoms with Gasteiger partial charge in [0.15, 0.2) is 0 Å². The van der Waals surface area contributed by atoms with Crippen LogP contribution in [0.4, 0.5) is 0 Å². The third-order valence-corrected chi connectivity index (χ3v) is 14.9. The molecule has 0 spiro atoms. The average molecular weight is 610 g/mol. The van der Waals surface area contributed by atoms with Crippen molar-refractivity contribution >= 4 is 24.2 Å². The summed E-state index contributed by atoms with van der Waals surface area (Å²) in [6.45, 7) is 20.3. The highest BCUT2D eigenvalue weighted by atomic mass is 32.2. The predicted molar refractivity (Wildman–Crippen MR) is 188 cm³/mol. The standard InChI is InChI=1S/C38H60NOPS/c1-36(2,3)29-25-28(26-30(27-29)37(4,5)6)35(39(10)42(40)38(7,8)9)33-23-17-18-24-34(33)41(31-19-13-11-14-20-31)32-21-15-12-16-22-32/h17-18,23-27,31-32,35H,11-16,19-22H2,1-10H3/t35-,42+/m0/s1. The van der Waals surface area contributed by atoms with E-state index in [0.29, 0.717) is 0 Å². The summed E-state index contributed by atoms with van der Waals surface area (Å²) in [6, 6.07) is 16.7. The maximum atomic E-state index is 14.2. The molecule has 0 unspecified atom stereocenters. The molecule has 0 heterocycles. The summed E-state index contributed by atoms with van der Waals surface area (Å²) in [4.78, 5) is 0. The molecule has 2 atom stereocenters. The zero-order valence-corrected chi connectivity index (χ0v) is 30.3. The van der Waals surface area contributed by atoms with Gasteiger partial charge in [-0.25, -0.2) is 8.51 Å². The van der Waals surface area contributed by atoms with Crippen LogP contribution in [0.2, 0.25) is 0 Å². The highest BCUT2D eigenvalue weighted by Gasteiger charge is 2.38. The van der Waals surface area contributed by atoms with E-state index in [9.17, 15) is 4.21 Å². The normalized spacial score (nSPS) is 19.8. The van der Waals surface area contributed by atoms with Gasteiger partial charge in [0, 0.05) is 7.05 Å². The van der Waals surface area contributed by atoms with Crippen molar-refractivity contribution in [3.05, 3.63) is 64.7 Å². The Hall–Kier alpha value is -1.02. The van der Waals surface area contributed by atoms with Gasteiger partial charge in [0.1, 0.15) is 11.0 Å². The van der Waals surface area contributed by atoms with Crippen molar-refractivity contribution in [3.8, 4) is 0 Å². The second-order valence-electron chi connectivity index (χ2n) is 16.2. The van der Waals surface area contributed by atoms with Gasteiger partial charge in [0.25, 0.3) is 0 Å². The zero-order valence-electron chi connectivity index (χ0n) is 28.6. The van der Waals surface area contributed by atoms with E-state index in [0.717, 1.165) is 11.3 Å². The summed E-state index contributed by atoms with van der Waals surface area (Å²) in [6.07, 6.45) is 13.9. The first-order valence-corrected chi connectivity index (χ1v) is 19.4. The van der Waals surface area contributed by atoms with Crippen LogP contribution in [-0.4, -0.2) is 31.6 Å². The van der Waals surface area contributed by atoms with Crippen molar-refractivity contribution in [3.63, 3.8) is 0 Å². The van der Waals surface area contributed by atoms with Crippen LogP contribution in [0.15, 0.2) is 42.5 Å². The van der Waals surface area contributed by atoms with E-state index < -0.39 is 11.0 Å². The number of rotatable bonds is 7. The fraction of sp³-hybridized carbons (Fsp3) is 0.684. The lowest BCUT2D eigenvalue weighted by Crippen LogP contribution is -2.40. The molecule has 4 rings (SSSR count). The highest BCUT2D eigenvalue weighted by molar-refractivity contribution is 7.84. The van der Waals surface area contributed by atoms with Crippen molar-refractivity contribution in [2.45, 2.75) is 159 Å². The average Bonchev–Trinajstić information content (AvgIpc) is 2.93. The van der Waals surface area contributed by atoms with Crippen LogP contribution < -0.4 is 5.30 Å². The Balaban J connectivity index is 1.97. The zero-order chi connectivity index (χ0) is 30.9. The van der Waals surface area contributed by atoms with E-state index in [1.54, 1.807) is 5.30 Å². The second-order valence-corrected chi connectivity index (χ2v) is 21.3. The smallest absolute Gasteiger partial charge is 0.100 e. The molecule has 0 N–H and O–H groups in total. The molecular weight excluding hydrogens is 549 g/mol. The van der Waals surface area contributed by atoms with Gasteiger partial charge >= 0.3 is 0 Å². The van der Waals surface area contributed by atoms with E-state index in [1.165, 1.54) is 86.5 Å². The van der Waals surface area contributed by atoms with Crippen LogP contribution in [0.5, 0.6) is 0 Å². The first kappa shape index (κ1) is 33.9. The molecule has 4 heteroatoms. The van der Waals surface area contributed by atoms with Crippen LogP contribution in [-0.2, 0) is 21.8 Å². The Morgan fingerprint density at radius 3 is 1.60 bits per heavy atom. The highest BCUT2D eigenvalue weighted by Crippen LogP contribution is 2.56. The molecule has 0 aromatic heterocycles. The lowest BCUT2D eigenvalue weighted by molar-refractivity contribution is 0.438. The number of nitrogens with zero attached hydrogens (tertiary/aromatic N) is 1. The predicted octanol–water partition coefficient (Wildman–Crippen LogP) is 10.5. The molecule has 2 saturated carbocycles. The molecule has 234 valence electrons. The topological polar surface area (TPSA) is 20.3 Å². The molecule has 2 aliphatic carbocycles. The van der Waals surface area contributed by atoms with E-state index in [2.05, 4.69) is 116 Å². The van der Waals surface area contributed by atoms with E-state index in [1.807, 2.05) is 0 Å².